The third kappa shape index (κ3) is 3.32. The van der Waals surface area contributed by atoms with Gasteiger partial charge in [0.2, 0.25) is 0 Å². The number of unbranched alkanes of at least 4 members (excludes halogenated alkanes) is 2. The van der Waals surface area contributed by atoms with Gasteiger partial charge < -0.3 is 0 Å². The van der Waals surface area contributed by atoms with Crippen molar-refractivity contribution >= 4 is 0 Å². The summed E-state index contributed by atoms with van der Waals surface area (Å²) < 4.78 is 0. The maximum Gasteiger partial charge on any atom is -0.0386 e. The van der Waals surface area contributed by atoms with Gasteiger partial charge in [0.1, 0.15) is 0 Å². The van der Waals surface area contributed by atoms with Crippen molar-refractivity contribution in [2.45, 2.75) is 65.7 Å². The molecule has 3 atom stereocenters. The van der Waals surface area contributed by atoms with E-state index in [1.54, 1.807) is 0 Å². The molecule has 13 heavy (non-hydrogen) atoms. The van der Waals surface area contributed by atoms with Crippen molar-refractivity contribution in [1.29, 1.82) is 0 Å². The molecule has 0 heteroatoms. The molecule has 0 radical (unpaired) electrons. The molecule has 1 fully saturated rings. The average Bonchev–Trinajstić information content (AvgIpc) is 2.13. The quantitative estimate of drug-likeness (QED) is 0.556. The van der Waals surface area contributed by atoms with Crippen LogP contribution in [0.4, 0.5) is 0 Å². The van der Waals surface area contributed by atoms with Crippen LogP contribution in [0.3, 0.4) is 0 Å². The smallest absolute Gasteiger partial charge is 0.0386 e. The van der Waals surface area contributed by atoms with Crippen LogP contribution in [0.2, 0.25) is 0 Å². The highest BCUT2D eigenvalue weighted by atomic mass is 14.3. The predicted molar refractivity (Wildman–Crippen MR) is 59.8 cm³/mol. The number of hydrogen-bond donors (Lipinski definition) is 0. The van der Waals surface area contributed by atoms with E-state index < -0.39 is 0 Å². The standard InChI is InChI=1S/C13H26/c1-4-5-6-9-13-10-7-8-11(2)12(13)3/h11-13H,4-10H2,1-3H3. The first-order chi connectivity index (χ1) is 6.25. The lowest BCUT2D eigenvalue weighted by Crippen LogP contribution is -2.23. The molecule has 1 saturated carbocycles. The summed E-state index contributed by atoms with van der Waals surface area (Å²) >= 11 is 0. The largest absolute Gasteiger partial charge is 0.0654 e. The molecule has 0 amide bonds. The van der Waals surface area contributed by atoms with Crippen molar-refractivity contribution in [2.24, 2.45) is 17.8 Å². The minimum atomic E-state index is 0.986. The van der Waals surface area contributed by atoms with Gasteiger partial charge in [-0.3, -0.25) is 0 Å². The van der Waals surface area contributed by atoms with Crippen LogP contribution in [0.5, 0.6) is 0 Å². The molecule has 0 bridgehead atoms. The monoisotopic (exact) mass is 182 g/mol. The minimum absolute atomic E-state index is 0.986. The molecule has 0 aromatic rings. The second-order valence-corrected chi connectivity index (χ2v) is 5.02. The van der Waals surface area contributed by atoms with Gasteiger partial charge in [-0.2, -0.15) is 0 Å². The molecule has 1 rings (SSSR count). The van der Waals surface area contributed by atoms with Crippen LogP contribution < -0.4 is 0 Å². The second kappa shape index (κ2) is 5.67. The molecule has 0 saturated heterocycles. The summed E-state index contributed by atoms with van der Waals surface area (Å²) in [5.74, 6) is 3.03. The first-order valence-electron chi connectivity index (χ1n) is 6.25. The Morgan fingerprint density at radius 2 is 1.85 bits per heavy atom. The Balaban J connectivity index is 2.23. The SMILES string of the molecule is CCCCCC1CCCC(C)C1C. The van der Waals surface area contributed by atoms with Crippen molar-refractivity contribution in [3.8, 4) is 0 Å². The molecule has 0 aromatic carbocycles. The first kappa shape index (κ1) is 11.1. The van der Waals surface area contributed by atoms with E-state index >= 15 is 0 Å². The molecule has 0 spiro atoms. The van der Waals surface area contributed by atoms with Crippen molar-refractivity contribution in [1.82, 2.24) is 0 Å². The highest BCUT2D eigenvalue weighted by molar-refractivity contribution is 4.76. The van der Waals surface area contributed by atoms with Crippen molar-refractivity contribution < 1.29 is 0 Å². The molecule has 0 nitrogen and oxygen atoms in total. The third-order valence-corrected chi connectivity index (χ3v) is 4.05. The molecule has 3 unspecified atom stereocenters. The summed E-state index contributed by atoms with van der Waals surface area (Å²) in [6.07, 6.45) is 10.3. The molecule has 1 aliphatic carbocycles. The van der Waals surface area contributed by atoms with Gasteiger partial charge in [0.05, 0.1) is 0 Å². The van der Waals surface area contributed by atoms with E-state index in [1.807, 2.05) is 0 Å². The summed E-state index contributed by atoms with van der Waals surface area (Å²) in [6.45, 7) is 7.21. The lowest BCUT2D eigenvalue weighted by atomic mass is 9.72. The Bertz CT molecular complexity index is 128. The summed E-state index contributed by atoms with van der Waals surface area (Å²) in [5.41, 5.74) is 0. The molecule has 0 aromatic heterocycles. The maximum absolute atomic E-state index is 2.47. The van der Waals surface area contributed by atoms with Gasteiger partial charge in [-0.1, -0.05) is 65.7 Å². The van der Waals surface area contributed by atoms with E-state index in [0.29, 0.717) is 0 Å². The molecule has 1 aliphatic rings. The highest BCUT2D eigenvalue weighted by Gasteiger charge is 2.26. The van der Waals surface area contributed by atoms with Gasteiger partial charge in [-0.25, -0.2) is 0 Å². The summed E-state index contributed by atoms with van der Waals surface area (Å²) in [5, 5.41) is 0. The summed E-state index contributed by atoms with van der Waals surface area (Å²) in [6, 6.07) is 0. The predicted octanol–water partition coefficient (Wildman–Crippen LogP) is 4.64. The Morgan fingerprint density at radius 1 is 1.08 bits per heavy atom. The van der Waals surface area contributed by atoms with E-state index in [4.69, 9.17) is 0 Å². The van der Waals surface area contributed by atoms with Crippen LogP contribution in [0.15, 0.2) is 0 Å². The van der Waals surface area contributed by atoms with Gasteiger partial charge >= 0.3 is 0 Å². The van der Waals surface area contributed by atoms with Crippen LogP contribution in [0.25, 0.3) is 0 Å². The van der Waals surface area contributed by atoms with Crippen LogP contribution >= 0.6 is 0 Å². The number of rotatable bonds is 4. The zero-order valence-corrected chi connectivity index (χ0v) is 9.68. The number of hydrogen-bond acceptors (Lipinski definition) is 0. The highest BCUT2D eigenvalue weighted by Crippen LogP contribution is 2.36. The third-order valence-electron chi connectivity index (χ3n) is 4.05. The van der Waals surface area contributed by atoms with E-state index in [-0.39, 0.29) is 0 Å². The fourth-order valence-electron chi connectivity index (χ4n) is 2.76. The zero-order valence-electron chi connectivity index (χ0n) is 9.68. The Kier molecular flexibility index (Phi) is 4.83. The van der Waals surface area contributed by atoms with Crippen LogP contribution in [0, 0.1) is 17.8 Å². The lowest BCUT2D eigenvalue weighted by molar-refractivity contribution is 0.169. The zero-order chi connectivity index (χ0) is 9.68. The van der Waals surface area contributed by atoms with Gasteiger partial charge in [0.25, 0.3) is 0 Å². The topological polar surface area (TPSA) is 0 Å². The van der Waals surface area contributed by atoms with E-state index in [2.05, 4.69) is 20.8 Å². The van der Waals surface area contributed by atoms with Crippen LogP contribution in [-0.4, -0.2) is 0 Å². The molecular formula is C13H26. The molecule has 0 heterocycles. The summed E-state index contributed by atoms with van der Waals surface area (Å²) in [7, 11) is 0. The minimum Gasteiger partial charge on any atom is -0.0654 e. The van der Waals surface area contributed by atoms with Crippen molar-refractivity contribution in [2.75, 3.05) is 0 Å². The Labute approximate surface area is 84.1 Å². The van der Waals surface area contributed by atoms with Crippen LogP contribution in [-0.2, 0) is 0 Å². The van der Waals surface area contributed by atoms with E-state index in [9.17, 15) is 0 Å². The van der Waals surface area contributed by atoms with Gasteiger partial charge in [0.15, 0.2) is 0 Å². The molecular weight excluding hydrogens is 156 g/mol. The Morgan fingerprint density at radius 3 is 2.54 bits per heavy atom. The van der Waals surface area contributed by atoms with Gasteiger partial charge in [0, 0.05) is 0 Å². The van der Waals surface area contributed by atoms with Gasteiger partial charge in [-0.05, 0) is 17.8 Å². The molecule has 0 aliphatic heterocycles. The first-order valence-corrected chi connectivity index (χ1v) is 6.25. The Hall–Kier alpha value is 0. The maximum atomic E-state index is 2.47. The van der Waals surface area contributed by atoms with Crippen molar-refractivity contribution in [3.63, 3.8) is 0 Å². The normalized spacial score (nSPS) is 34.8. The molecule has 0 N–H and O–H groups in total. The second-order valence-electron chi connectivity index (χ2n) is 5.02. The molecule has 78 valence electrons. The summed E-state index contributed by atoms with van der Waals surface area (Å²) in [4.78, 5) is 0. The van der Waals surface area contributed by atoms with Crippen LogP contribution in [0.1, 0.15) is 65.7 Å². The van der Waals surface area contributed by atoms with Crippen molar-refractivity contribution in [3.05, 3.63) is 0 Å². The fourth-order valence-corrected chi connectivity index (χ4v) is 2.76. The van der Waals surface area contributed by atoms with E-state index in [1.165, 1.54) is 44.9 Å². The lowest BCUT2D eigenvalue weighted by Gasteiger charge is -2.34. The fraction of sp³-hybridized carbons (Fsp3) is 1.00. The van der Waals surface area contributed by atoms with Gasteiger partial charge in [-0.15, -0.1) is 0 Å². The van der Waals surface area contributed by atoms with E-state index in [0.717, 1.165) is 17.8 Å². The average molecular weight is 182 g/mol.